The Bertz CT molecular complexity index is 2500. The number of hydrogen-bond donors (Lipinski definition) is 0. The quantitative estimate of drug-likeness (QED) is 0.0893. The molecule has 2 atom stereocenters. The van der Waals surface area contributed by atoms with Crippen molar-refractivity contribution in [2.75, 3.05) is 9.80 Å². The van der Waals surface area contributed by atoms with Gasteiger partial charge < -0.3 is 9.80 Å². The van der Waals surface area contributed by atoms with E-state index >= 15 is 0 Å². The zero-order valence-electron chi connectivity index (χ0n) is 40.2. The lowest BCUT2D eigenvalue weighted by Crippen LogP contribution is -2.16. The molecular formula is C62H72N2. The second-order valence-corrected chi connectivity index (χ2v) is 20.1. The standard InChI is InChI=1S/C62H72N2/c1-9-45(7)47-21-27-53(28-22-47)63(55-35-41(3)33-42(4)36-55)61-57-31-25-52(50-19-15-12-16-20-50)40-60(57)62(58-32-26-51(39-59(58)61)49-17-13-11-14-18-49)64(56-37-43(5)34-44(6)38-56)54-29-23-48(24-30-54)46(8)10-2/h21-40,45-46,49-50H,9-20H2,1-8H3. The van der Waals surface area contributed by atoms with Gasteiger partial charge >= 0.3 is 0 Å². The van der Waals surface area contributed by atoms with Crippen molar-refractivity contribution in [1.29, 1.82) is 0 Å². The molecule has 0 N–H and O–H groups in total. The molecule has 330 valence electrons. The maximum atomic E-state index is 2.63. The van der Waals surface area contributed by atoms with Crippen molar-refractivity contribution in [1.82, 2.24) is 0 Å². The second-order valence-electron chi connectivity index (χ2n) is 20.1. The highest BCUT2D eigenvalue weighted by atomic mass is 15.2. The molecule has 2 unspecified atom stereocenters. The van der Waals surface area contributed by atoms with E-state index < -0.39 is 0 Å². The minimum Gasteiger partial charge on any atom is -0.309 e. The average Bonchev–Trinajstić information content (AvgIpc) is 3.32. The molecule has 0 spiro atoms. The molecule has 0 aromatic heterocycles. The summed E-state index contributed by atoms with van der Waals surface area (Å²) >= 11 is 0. The van der Waals surface area contributed by atoms with Crippen LogP contribution in [0.25, 0.3) is 21.5 Å². The minimum atomic E-state index is 0.511. The third-order valence-electron chi connectivity index (χ3n) is 15.3. The van der Waals surface area contributed by atoms with Gasteiger partial charge in [0, 0.05) is 44.3 Å². The van der Waals surface area contributed by atoms with Gasteiger partial charge in [-0.05, 0) is 195 Å². The summed E-state index contributed by atoms with van der Waals surface area (Å²) in [7, 11) is 0. The Morgan fingerprint density at radius 1 is 0.391 bits per heavy atom. The van der Waals surface area contributed by atoms with E-state index in [4.69, 9.17) is 0 Å². The molecule has 2 heteroatoms. The molecule has 0 heterocycles. The summed E-state index contributed by atoms with van der Waals surface area (Å²) in [4.78, 5) is 5.25. The van der Waals surface area contributed by atoms with Crippen molar-refractivity contribution in [2.45, 2.75) is 156 Å². The lowest BCUT2D eigenvalue weighted by molar-refractivity contribution is 0.444. The minimum absolute atomic E-state index is 0.511. The monoisotopic (exact) mass is 845 g/mol. The largest absolute Gasteiger partial charge is 0.309 e. The second kappa shape index (κ2) is 19.0. The molecule has 0 aliphatic heterocycles. The van der Waals surface area contributed by atoms with Crippen LogP contribution in [0, 0.1) is 27.7 Å². The Kier molecular flexibility index (Phi) is 13.0. The van der Waals surface area contributed by atoms with E-state index in [2.05, 4.69) is 187 Å². The van der Waals surface area contributed by atoms with Crippen LogP contribution in [-0.4, -0.2) is 0 Å². The highest BCUT2D eigenvalue weighted by Gasteiger charge is 2.29. The highest BCUT2D eigenvalue weighted by Crippen LogP contribution is 2.53. The van der Waals surface area contributed by atoms with Crippen molar-refractivity contribution in [2.24, 2.45) is 0 Å². The predicted octanol–water partition coefficient (Wildman–Crippen LogP) is 19.3. The Hall–Kier alpha value is -5.34. The van der Waals surface area contributed by atoms with E-state index in [1.807, 2.05) is 0 Å². The molecule has 0 amide bonds. The fourth-order valence-corrected chi connectivity index (χ4v) is 11.4. The summed E-state index contributed by atoms with van der Waals surface area (Å²) in [5.41, 5.74) is 18.3. The number of aryl methyl sites for hydroxylation is 4. The van der Waals surface area contributed by atoms with E-state index in [1.165, 1.54) is 164 Å². The molecule has 0 radical (unpaired) electrons. The Morgan fingerprint density at radius 3 is 1.06 bits per heavy atom. The lowest BCUT2D eigenvalue weighted by atomic mass is 9.81. The first kappa shape index (κ1) is 43.9. The molecule has 2 fully saturated rings. The van der Waals surface area contributed by atoms with Gasteiger partial charge in [-0.3, -0.25) is 0 Å². The third-order valence-corrected chi connectivity index (χ3v) is 15.3. The highest BCUT2D eigenvalue weighted by molar-refractivity contribution is 6.23. The molecule has 0 bridgehead atoms. The van der Waals surface area contributed by atoms with Gasteiger partial charge in [-0.2, -0.15) is 0 Å². The number of anilines is 6. The van der Waals surface area contributed by atoms with Crippen molar-refractivity contribution in [3.63, 3.8) is 0 Å². The van der Waals surface area contributed by atoms with Crippen LogP contribution in [0.2, 0.25) is 0 Å². The molecule has 2 aliphatic rings. The molecule has 2 saturated carbocycles. The first-order valence-corrected chi connectivity index (χ1v) is 25.1. The third kappa shape index (κ3) is 8.87. The van der Waals surface area contributed by atoms with Gasteiger partial charge in [-0.25, -0.2) is 0 Å². The van der Waals surface area contributed by atoms with Crippen LogP contribution in [0.3, 0.4) is 0 Å². The summed E-state index contributed by atoms with van der Waals surface area (Å²) in [6.45, 7) is 18.3. The predicted molar refractivity (Wildman–Crippen MR) is 279 cm³/mol. The van der Waals surface area contributed by atoms with E-state index in [0.717, 1.165) is 12.8 Å². The van der Waals surface area contributed by atoms with Gasteiger partial charge in [-0.15, -0.1) is 0 Å². The summed E-state index contributed by atoms with van der Waals surface area (Å²) in [5.74, 6) is 2.17. The number of fused-ring (bicyclic) bond motifs is 2. The topological polar surface area (TPSA) is 6.48 Å². The summed E-state index contributed by atoms with van der Waals surface area (Å²) in [6.07, 6.45) is 15.3. The van der Waals surface area contributed by atoms with E-state index in [1.54, 1.807) is 0 Å². The van der Waals surface area contributed by atoms with Crippen LogP contribution in [0.4, 0.5) is 34.1 Å². The fraction of sp³-hybridized carbons (Fsp3) is 0.387. The fourth-order valence-electron chi connectivity index (χ4n) is 11.4. The smallest absolute Gasteiger partial charge is 0.0620 e. The SMILES string of the molecule is CCC(C)c1ccc(N(c2cc(C)cc(C)c2)c2c3ccc(C4CCCCC4)cc3c(N(c3ccc(C(C)CC)cc3)c3cc(C)cc(C)c3)c3ccc(C4CCCCC4)cc23)cc1. The number of hydrogen-bond acceptors (Lipinski definition) is 2. The van der Waals surface area contributed by atoms with Crippen LogP contribution in [-0.2, 0) is 0 Å². The molecule has 9 rings (SSSR count). The number of rotatable bonds is 12. The van der Waals surface area contributed by atoms with Crippen LogP contribution >= 0.6 is 0 Å². The van der Waals surface area contributed by atoms with Gasteiger partial charge in [0.1, 0.15) is 0 Å². The molecule has 64 heavy (non-hydrogen) atoms. The van der Waals surface area contributed by atoms with Crippen LogP contribution in [0.1, 0.15) is 173 Å². The Morgan fingerprint density at radius 2 is 0.734 bits per heavy atom. The van der Waals surface area contributed by atoms with E-state index in [9.17, 15) is 0 Å². The summed E-state index contributed by atoms with van der Waals surface area (Å²) in [6, 6.07) is 48.7. The summed E-state index contributed by atoms with van der Waals surface area (Å²) in [5, 5.41) is 5.26. The van der Waals surface area contributed by atoms with Crippen LogP contribution < -0.4 is 9.80 Å². The average molecular weight is 845 g/mol. The van der Waals surface area contributed by atoms with E-state index in [-0.39, 0.29) is 0 Å². The van der Waals surface area contributed by atoms with Gasteiger partial charge in [0.2, 0.25) is 0 Å². The molecular weight excluding hydrogens is 773 g/mol. The maximum Gasteiger partial charge on any atom is 0.0620 e. The number of benzene rings is 7. The van der Waals surface area contributed by atoms with Crippen molar-refractivity contribution >= 4 is 55.7 Å². The molecule has 0 saturated heterocycles. The molecule has 2 nitrogen and oxygen atoms in total. The van der Waals surface area contributed by atoms with Crippen molar-refractivity contribution < 1.29 is 0 Å². The molecule has 2 aliphatic carbocycles. The summed E-state index contributed by atoms with van der Waals surface area (Å²) < 4.78 is 0. The zero-order valence-corrected chi connectivity index (χ0v) is 40.2. The van der Waals surface area contributed by atoms with E-state index in [0.29, 0.717) is 23.7 Å². The maximum absolute atomic E-state index is 2.63. The normalized spacial score (nSPS) is 16.0. The Labute approximate surface area is 385 Å². The number of nitrogens with zero attached hydrogens (tertiary/aromatic N) is 2. The van der Waals surface area contributed by atoms with Crippen molar-refractivity contribution in [3.8, 4) is 0 Å². The first-order chi connectivity index (χ1) is 31.1. The Balaban J connectivity index is 1.43. The van der Waals surface area contributed by atoms with Gasteiger partial charge in [-0.1, -0.05) is 127 Å². The van der Waals surface area contributed by atoms with Gasteiger partial charge in [0.05, 0.1) is 11.4 Å². The molecule has 7 aromatic rings. The van der Waals surface area contributed by atoms with Gasteiger partial charge in [0.15, 0.2) is 0 Å². The first-order valence-electron chi connectivity index (χ1n) is 25.1. The van der Waals surface area contributed by atoms with Gasteiger partial charge in [0.25, 0.3) is 0 Å². The van der Waals surface area contributed by atoms with Crippen LogP contribution in [0.5, 0.6) is 0 Å². The lowest BCUT2D eigenvalue weighted by Gasteiger charge is -2.34. The van der Waals surface area contributed by atoms with Crippen molar-refractivity contribution in [3.05, 3.63) is 166 Å². The van der Waals surface area contributed by atoms with Crippen LogP contribution in [0.15, 0.2) is 121 Å². The molecule has 7 aromatic carbocycles. The zero-order chi connectivity index (χ0) is 44.5.